The van der Waals surface area contributed by atoms with E-state index in [1.54, 1.807) is 13.0 Å². The summed E-state index contributed by atoms with van der Waals surface area (Å²) in [7, 11) is 0. The summed E-state index contributed by atoms with van der Waals surface area (Å²) in [5.74, 6) is -1.19. The number of benzene rings is 2. The zero-order valence-corrected chi connectivity index (χ0v) is 13.7. The molecular formula is C19H14F4N2O. The van der Waals surface area contributed by atoms with Gasteiger partial charge in [-0.05, 0) is 42.3 Å². The highest BCUT2D eigenvalue weighted by atomic mass is 19.4. The molecule has 0 unspecified atom stereocenters. The molecule has 0 fully saturated rings. The van der Waals surface area contributed by atoms with E-state index in [-0.39, 0.29) is 23.2 Å². The van der Waals surface area contributed by atoms with Crippen molar-refractivity contribution in [3.63, 3.8) is 0 Å². The fourth-order valence-electron chi connectivity index (χ4n) is 2.97. The Bertz CT molecular complexity index is 1010. The molecular weight excluding hydrogens is 348 g/mol. The highest BCUT2D eigenvalue weighted by Crippen LogP contribution is 2.33. The number of pyridine rings is 1. The summed E-state index contributed by atoms with van der Waals surface area (Å²) in [5, 5.41) is 0.412. The second-order valence-electron chi connectivity index (χ2n) is 5.96. The predicted octanol–water partition coefficient (Wildman–Crippen LogP) is 4.39. The van der Waals surface area contributed by atoms with Gasteiger partial charge in [-0.2, -0.15) is 13.2 Å². The van der Waals surface area contributed by atoms with Crippen molar-refractivity contribution in [2.75, 3.05) is 0 Å². The van der Waals surface area contributed by atoms with Crippen LogP contribution in [0.3, 0.4) is 0 Å². The Labute approximate surface area is 146 Å². The van der Waals surface area contributed by atoms with Crippen LogP contribution in [-0.4, -0.2) is 10.9 Å². The molecule has 0 spiro atoms. The Morgan fingerprint density at radius 2 is 1.88 bits per heavy atom. The molecule has 1 heterocycles. The van der Waals surface area contributed by atoms with E-state index in [0.717, 1.165) is 12.1 Å². The van der Waals surface area contributed by atoms with Crippen molar-refractivity contribution in [2.24, 2.45) is 5.73 Å². The molecule has 3 aromatic rings. The van der Waals surface area contributed by atoms with Gasteiger partial charge in [0.2, 0.25) is 0 Å². The van der Waals surface area contributed by atoms with E-state index in [1.807, 2.05) is 0 Å². The molecule has 2 N–H and O–H groups in total. The Morgan fingerprint density at radius 1 is 1.15 bits per heavy atom. The lowest BCUT2D eigenvalue weighted by Gasteiger charge is -2.14. The van der Waals surface area contributed by atoms with Crippen molar-refractivity contribution in [2.45, 2.75) is 19.5 Å². The molecule has 0 aliphatic heterocycles. The van der Waals surface area contributed by atoms with Gasteiger partial charge in [0.1, 0.15) is 5.82 Å². The lowest BCUT2D eigenvalue weighted by molar-refractivity contribution is -0.137. The first-order chi connectivity index (χ1) is 12.2. The number of carbonyl (C=O) groups is 1. The van der Waals surface area contributed by atoms with Crippen molar-refractivity contribution in [3.8, 4) is 0 Å². The van der Waals surface area contributed by atoms with Crippen LogP contribution >= 0.6 is 0 Å². The number of primary amides is 1. The number of aryl methyl sites for hydroxylation is 1. The maximum atomic E-state index is 13.4. The number of nitrogens with zero attached hydrogens (tertiary/aromatic N) is 1. The highest BCUT2D eigenvalue weighted by Gasteiger charge is 2.31. The normalized spacial score (nSPS) is 11.7. The Balaban J connectivity index is 2.22. The first-order valence-corrected chi connectivity index (χ1v) is 7.71. The number of hydrogen-bond acceptors (Lipinski definition) is 2. The summed E-state index contributed by atoms with van der Waals surface area (Å²) >= 11 is 0. The van der Waals surface area contributed by atoms with E-state index in [9.17, 15) is 22.4 Å². The number of rotatable bonds is 3. The predicted molar refractivity (Wildman–Crippen MR) is 89.2 cm³/mol. The van der Waals surface area contributed by atoms with Crippen LogP contribution in [0.15, 0.2) is 42.5 Å². The molecule has 1 amide bonds. The summed E-state index contributed by atoms with van der Waals surface area (Å²) in [4.78, 5) is 16.1. The Hall–Kier alpha value is -2.96. The van der Waals surface area contributed by atoms with Crippen LogP contribution in [-0.2, 0) is 12.6 Å². The zero-order chi connectivity index (χ0) is 19.1. The topological polar surface area (TPSA) is 56.0 Å². The Morgan fingerprint density at radius 3 is 2.50 bits per heavy atom. The first kappa shape index (κ1) is 17.8. The molecule has 3 nitrogen and oxygen atoms in total. The van der Waals surface area contributed by atoms with Crippen LogP contribution in [0.5, 0.6) is 0 Å². The van der Waals surface area contributed by atoms with Crippen molar-refractivity contribution in [3.05, 3.63) is 76.2 Å². The molecule has 0 radical (unpaired) electrons. The lowest BCUT2D eigenvalue weighted by atomic mass is 9.96. The quantitative estimate of drug-likeness (QED) is 0.703. The molecule has 1 aromatic heterocycles. The lowest BCUT2D eigenvalue weighted by Crippen LogP contribution is -2.18. The fraction of sp³-hybridized carbons (Fsp3) is 0.158. The van der Waals surface area contributed by atoms with Crippen LogP contribution < -0.4 is 5.73 Å². The van der Waals surface area contributed by atoms with Crippen LogP contribution in [0.4, 0.5) is 17.6 Å². The van der Waals surface area contributed by atoms with Gasteiger partial charge < -0.3 is 5.73 Å². The van der Waals surface area contributed by atoms with Gasteiger partial charge >= 0.3 is 6.18 Å². The van der Waals surface area contributed by atoms with Gasteiger partial charge in [0.05, 0.1) is 22.3 Å². The summed E-state index contributed by atoms with van der Waals surface area (Å²) in [6.45, 7) is 1.60. The second-order valence-corrected chi connectivity index (χ2v) is 5.96. The summed E-state index contributed by atoms with van der Waals surface area (Å²) in [5.41, 5.74) is 6.06. The molecule has 3 rings (SSSR count). The summed E-state index contributed by atoms with van der Waals surface area (Å²) in [6.07, 6.45) is -4.43. The van der Waals surface area contributed by atoms with E-state index in [2.05, 4.69) is 4.98 Å². The van der Waals surface area contributed by atoms with Gasteiger partial charge in [-0.15, -0.1) is 0 Å². The van der Waals surface area contributed by atoms with Crippen LogP contribution in [0.2, 0.25) is 0 Å². The largest absolute Gasteiger partial charge is 0.416 e. The van der Waals surface area contributed by atoms with Gasteiger partial charge in [0, 0.05) is 11.8 Å². The molecule has 134 valence electrons. The number of alkyl halides is 3. The molecule has 0 bridgehead atoms. The number of carbonyl (C=O) groups excluding carboxylic acids is 1. The molecule has 0 atom stereocenters. The van der Waals surface area contributed by atoms with Crippen molar-refractivity contribution in [1.29, 1.82) is 0 Å². The van der Waals surface area contributed by atoms with Crippen molar-refractivity contribution < 1.29 is 22.4 Å². The SMILES string of the molecule is Cc1c(C(N)=O)c(Cc2cccc(F)c2)nc2cc(C(F)(F)F)ccc12. The summed E-state index contributed by atoms with van der Waals surface area (Å²) in [6, 6.07) is 8.84. The number of aromatic nitrogens is 1. The minimum Gasteiger partial charge on any atom is -0.366 e. The van der Waals surface area contributed by atoms with Gasteiger partial charge in [0.25, 0.3) is 5.91 Å². The highest BCUT2D eigenvalue weighted by molar-refractivity contribution is 6.00. The van der Waals surface area contributed by atoms with E-state index in [1.165, 1.54) is 24.3 Å². The summed E-state index contributed by atoms with van der Waals surface area (Å²) < 4.78 is 52.3. The maximum Gasteiger partial charge on any atom is 0.416 e. The minimum absolute atomic E-state index is 0.0725. The van der Waals surface area contributed by atoms with Crippen LogP contribution in [0.1, 0.15) is 32.7 Å². The average Bonchev–Trinajstić information content (AvgIpc) is 2.53. The van der Waals surface area contributed by atoms with E-state index in [0.29, 0.717) is 16.5 Å². The van der Waals surface area contributed by atoms with Crippen LogP contribution in [0, 0.1) is 12.7 Å². The van der Waals surface area contributed by atoms with Gasteiger partial charge in [0.15, 0.2) is 0 Å². The van der Waals surface area contributed by atoms with Gasteiger partial charge in [-0.25, -0.2) is 4.39 Å². The van der Waals surface area contributed by atoms with Gasteiger partial charge in [-0.3, -0.25) is 9.78 Å². The number of nitrogens with two attached hydrogens (primary N) is 1. The first-order valence-electron chi connectivity index (χ1n) is 7.71. The number of halogens is 4. The van der Waals surface area contributed by atoms with E-state index >= 15 is 0 Å². The molecule has 7 heteroatoms. The molecule has 0 aliphatic carbocycles. The minimum atomic E-state index is -4.51. The zero-order valence-electron chi connectivity index (χ0n) is 13.7. The molecule has 0 aliphatic rings. The van der Waals surface area contributed by atoms with E-state index < -0.39 is 23.5 Å². The molecule has 2 aromatic carbocycles. The number of amides is 1. The Kier molecular flexibility index (Phi) is 4.39. The molecule has 0 saturated heterocycles. The second kappa shape index (κ2) is 6.40. The molecule has 0 saturated carbocycles. The maximum absolute atomic E-state index is 13.4. The number of fused-ring (bicyclic) bond motifs is 1. The smallest absolute Gasteiger partial charge is 0.366 e. The third-order valence-corrected chi connectivity index (χ3v) is 4.16. The van der Waals surface area contributed by atoms with Crippen molar-refractivity contribution in [1.82, 2.24) is 4.98 Å². The van der Waals surface area contributed by atoms with Crippen LogP contribution in [0.25, 0.3) is 10.9 Å². The monoisotopic (exact) mass is 362 g/mol. The van der Waals surface area contributed by atoms with Crippen molar-refractivity contribution >= 4 is 16.8 Å². The standard InChI is InChI=1S/C19H14F4N2O/c1-10-14-6-5-12(19(21,22)23)9-15(14)25-16(17(10)18(24)26)8-11-3-2-4-13(20)7-11/h2-7,9H,8H2,1H3,(H2,24,26). The van der Waals surface area contributed by atoms with Gasteiger partial charge in [-0.1, -0.05) is 18.2 Å². The number of hydrogen-bond donors (Lipinski definition) is 1. The third kappa shape index (κ3) is 3.37. The average molecular weight is 362 g/mol. The fourth-order valence-corrected chi connectivity index (χ4v) is 2.97. The van der Waals surface area contributed by atoms with E-state index in [4.69, 9.17) is 5.73 Å². The third-order valence-electron chi connectivity index (χ3n) is 4.16. The molecule has 26 heavy (non-hydrogen) atoms.